The van der Waals surface area contributed by atoms with E-state index in [1.807, 2.05) is 6.92 Å². The summed E-state index contributed by atoms with van der Waals surface area (Å²) < 4.78 is 37.8. The van der Waals surface area contributed by atoms with Crippen LogP contribution in [-0.4, -0.2) is 88.8 Å². The number of esters is 3. The summed E-state index contributed by atoms with van der Waals surface area (Å²) in [5, 5.41) is 24.7. The van der Waals surface area contributed by atoms with Gasteiger partial charge in [-0.05, 0) is 36.3 Å². The zero-order chi connectivity index (χ0) is 32.7. The molecule has 6 rings (SSSR count). The number of carbonyl (C=O) groups excluding carboxylic acids is 3. The van der Waals surface area contributed by atoms with Crippen LogP contribution < -0.4 is 0 Å². The van der Waals surface area contributed by atoms with Crippen molar-refractivity contribution >= 4 is 17.9 Å². The number of rotatable bonds is 5. The Kier molecular flexibility index (Phi) is 7.60. The van der Waals surface area contributed by atoms with Gasteiger partial charge in [-0.1, -0.05) is 45.5 Å². The van der Waals surface area contributed by atoms with Gasteiger partial charge in [0.1, 0.15) is 23.9 Å². The van der Waals surface area contributed by atoms with Crippen molar-refractivity contribution in [1.82, 2.24) is 0 Å². The van der Waals surface area contributed by atoms with Crippen molar-refractivity contribution < 1.29 is 53.0 Å². The summed E-state index contributed by atoms with van der Waals surface area (Å²) in [6.07, 6.45) is -5.32. The van der Waals surface area contributed by atoms with Crippen LogP contribution in [0.4, 0.5) is 0 Å². The highest BCUT2D eigenvalue weighted by molar-refractivity contribution is 5.89. The molecule has 5 aliphatic rings. The van der Waals surface area contributed by atoms with E-state index in [2.05, 4.69) is 6.58 Å². The van der Waals surface area contributed by atoms with Crippen molar-refractivity contribution in [2.45, 2.75) is 108 Å². The molecular formula is C34H42O11. The number of hydrogen-bond acceptors (Lipinski definition) is 11. The largest absolute Gasteiger partial charge is 0.455 e. The smallest absolute Gasteiger partial charge is 0.338 e. The Morgan fingerprint density at radius 2 is 1.71 bits per heavy atom. The zero-order valence-corrected chi connectivity index (χ0v) is 26.5. The minimum atomic E-state index is -1.97. The molecule has 1 aromatic rings. The lowest BCUT2D eigenvalue weighted by atomic mass is 9.44. The summed E-state index contributed by atoms with van der Waals surface area (Å²) in [6, 6.07) is 8.39. The maximum absolute atomic E-state index is 13.9. The molecule has 11 heteroatoms. The third-order valence-electron chi connectivity index (χ3n) is 11.1. The normalized spacial score (nSPS) is 42.8. The fourth-order valence-corrected chi connectivity index (χ4v) is 8.97. The quantitative estimate of drug-likeness (QED) is 0.282. The number of ether oxygens (including phenoxy) is 6. The number of benzene rings is 1. The lowest BCUT2D eigenvalue weighted by molar-refractivity contribution is -0.405. The molecule has 2 unspecified atom stereocenters. The predicted octanol–water partition coefficient (Wildman–Crippen LogP) is 3.02. The van der Waals surface area contributed by atoms with Crippen LogP contribution in [0, 0.1) is 16.7 Å². The molecule has 11 nitrogen and oxygen atoms in total. The van der Waals surface area contributed by atoms with Gasteiger partial charge in [-0.2, -0.15) is 0 Å². The summed E-state index contributed by atoms with van der Waals surface area (Å²) >= 11 is 0. The highest BCUT2D eigenvalue weighted by Gasteiger charge is 2.79. The number of aliphatic hydroxyl groups excluding tert-OH is 1. The molecule has 2 aliphatic heterocycles. The Labute approximate surface area is 262 Å². The third kappa shape index (κ3) is 4.46. The van der Waals surface area contributed by atoms with Crippen molar-refractivity contribution in [3.8, 4) is 0 Å². The van der Waals surface area contributed by atoms with Gasteiger partial charge >= 0.3 is 17.9 Å². The third-order valence-corrected chi connectivity index (χ3v) is 11.1. The topological polar surface area (TPSA) is 147 Å². The molecule has 2 bridgehead atoms. The van der Waals surface area contributed by atoms with Gasteiger partial charge in [-0.15, -0.1) is 0 Å². The Morgan fingerprint density at radius 3 is 2.29 bits per heavy atom. The number of fused-ring (bicyclic) bond motifs is 4. The van der Waals surface area contributed by atoms with Crippen LogP contribution in [0.1, 0.15) is 64.7 Å². The zero-order valence-electron chi connectivity index (χ0n) is 26.5. The Balaban J connectivity index is 1.68. The Bertz CT molecular complexity index is 1440. The van der Waals surface area contributed by atoms with Crippen molar-refractivity contribution in [3.63, 3.8) is 0 Å². The lowest BCUT2D eigenvalue weighted by Crippen LogP contribution is -2.83. The van der Waals surface area contributed by atoms with E-state index in [9.17, 15) is 24.6 Å². The maximum Gasteiger partial charge on any atom is 0.338 e. The predicted molar refractivity (Wildman–Crippen MR) is 157 cm³/mol. The number of hydrogen-bond donors (Lipinski definition) is 2. The lowest BCUT2D eigenvalue weighted by Gasteiger charge is -2.71. The summed E-state index contributed by atoms with van der Waals surface area (Å²) in [7, 11) is 0. The second-order valence-electron chi connectivity index (χ2n) is 13.8. The molecule has 3 aliphatic carbocycles. The van der Waals surface area contributed by atoms with Gasteiger partial charge < -0.3 is 38.6 Å². The van der Waals surface area contributed by atoms with Gasteiger partial charge in [0.25, 0.3) is 0 Å². The number of carbonyl (C=O) groups is 3. The van der Waals surface area contributed by atoms with Gasteiger partial charge in [0.15, 0.2) is 18.0 Å². The van der Waals surface area contributed by atoms with Gasteiger partial charge in [-0.3, -0.25) is 9.59 Å². The first-order valence-electron chi connectivity index (χ1n) is 15.4. The van der Waals surface area contributed by atoms with E-state index in [4.69, 9.17) is 28.4 Å². The van der Waals surface area contributed by atoms with Gasteiger partial charge in [0.05, 0.1) is 30.3 Å². The Hall–Kier alpha value is -3.09. The summed E-state index contributed by atoms with van der Waals surface area (Å²) in [5.41, 5.74) is -4.60. The molecular weight excluding hydrogens is 584 g/mol. The van der Waals surface area contributed by atoms with Gasteiger partial charge in [0.2, 0.25) is 0 Å². The minimum Gasteiger partial charge on any atom is -0.455 e. The average Bonchev–Trinajstić information content (AvgIpc) is 2.96. The highest BCUT2D eigenvalue weighted by atomic mass is 16.7. The SMILES string of the molecule is C=CC1OC2[C@@H](OC(C)=O)C3=C(C)[C@@H](O)C[C@@](O)([C@@H](OC(=O)c4ccccc4)[C@@H]4[C@]5(OC(C)=O)CO[C@@H]5C[C@H](O1)[C@@]24C)C3(C)C. The van der Waals surface area contributed by atoms with Crippen LogP contribution in [0.5, 0.6) is 0 Å². The molecule has 2 saturated heterocycles. The van der Waals surface area contributed by atoms with E-state index in [-0.39, 0.29) is 25.0 Å². The second-order valence-corrected chi connectivity index (χ2v) is 13.8. The molecule has 0 spiro atoms. The van der Waals surface area contributed by atoms with Gasteiger partial charge in [-0.25, -0.2) is 4.79 Å². The molecule has 45 heavy (non-hydrogen) atoms. The van der Waals surface area contributed by atoms with E-state index in [0.717, 1.165) is 0 Å². The molecule has 0 amide bonds. The first-order chi connectivity index (χ1) is 21.1. The molecule has 0 aromatic heterocycles. The molecule has 2 N–H and O–H groups in total. The van der Waals surface area contributed by atoms with Crippen LogP contribution in [0.2, 0.25) is 0 Å². The Morgan fingerprint density at radius 1 is 1.02 bits per heavy atom. The molecule has 2 heterocycles. The minimum absolute atomic E-state index is 0.0414. The van der Waals surface area contributed by atoms with E-state index in [0.29, 0.717) is 11.1 Å². The second kappa shape index (κ2) is 10.7. The van der Waals surface area contributed by atoms with E-state index >= 15 is 0 Å². The molecule has 0 radical (unpaired) electrons. The van der Waals surface area contributed by atoms with Crippen molar-refractivity contribution in [3.05, 3.63) is 59.7 Å². The van der Waals surface area contributed by atoms with Crippen LogP contribution in [0.3, 0.4) is 0 Å². The highest BCUT2D eigenvalue weighted by Crippen LogP contribution is 2.67. The van der Waals surface area contributed by atoms with Gasteiger partial charge in [0, 0.05) is 37.5 Å². The fourth-order valence-electron chi connectivity index (χ4n) is 8.97. The molecule has 1 aromatic carbocycles. The van der Waals surface area contributed by atoms with Crippen LogP contribution in [0.15, 0.2) is 54.1 Å². The monoisotopic (exact) mass is 626 g/mol. The maximum atomic E-state index is 13.9. The standard InChI is InChI=1S/C34H42O11/c1-8-24-42-22-14-23-33(16-40-23,45-19(4)36)27-29(44-30(38)20-12-10-9-11-13-20)34(39)15-21(37)17(2)25(31(34,5)6)26(41-18(3)35)28(43-24)32(22,27)7/h8-13,21-24,26-29,37,39H,1,14-16H2,2-7H3/t21-,22-,23+,24?,26-,27-,28?,29-,32+,33-,34+/m0/s1. The molecule has 244 valence electrons. The van der Waals surface area contributed by atoms with Crippen molar-refractivity contribution in [2.24, 2.45) is 16.7 Å². The summed E-state index contributed by atoms with van der Waals surface area (Å²) in [6.45, 7) is 13.6. The molecule has 11 atom stereocenters. The van der Waals surface area contributed by atoms with E-state index in [1.54, 1.807) is 51.1 Å². The summed E-state index contributed by atoms with van der Waals surface area (Å²) in [4.78, 5) is 39.6. The average molecular weight is 627 g/mol. The molecule has 4 fully saturated rings. The van der Waals surface area contributed by atoms with E-state index in [1.165, 1.54) is 19.9 Å². The molecule has 2 saturated carbocycles. The summed E-state index contributed by atoms with van der Waals surface area (Å²) in [5.74, 6) is -2.89. The van der Waals surface area contributed by atoms with Crippen LogP contribution in [0.25, 0.3) is 0 Å². The van der Waals surface area contributed by atoms with Crippen molar-refractivity contribution in [2.75, 3.05) is 6.61 Å². The van der Waals surface area contributed by atoms with Crippen LogP contribution in [-0.2, 0) is 38.0 Å². The van der Waals surface area contributed by atoms with E-state index < -0.39 is 88.8 Å². The first kappa shape index (κ1) is 31.9. The van der Waals surface area contributed by atoms with Crippen molar-refractivity contribution in [1.29, 1.82) is 0 Å². The fraction of sp³-hybridized carbons (Fsp3) is 0.618. The first-order valence-corrected chi connectivity index (χ1v) is 15.4. The number of aliphatic hydroxyl groups is 2. The van der Waals surface area contributed by atoms with Crippen LogP contribution >= 0.6 is 0 Å².